The van der Waals surface area contributed by atoms with E-state index < -0.39 is 17.7 Å². The summed E-state index contributed by atoms with van der Waals surface area (Å²) in [4.78, 5) is 32.4. The molecule has 9 heteroatoms. The number of hydrogen-bond acceptors (Lipinski definition) is 6. The zero-order valence-electron chi connectivity index (χ0n) is 16.9. The minimum absolute atomic E-state index is 0.118. The Morgan fingerprint density at radius 1 is 1.36 bits per heavy atom. The average Bonchev–Trinajstić information content (AvgIpc) is 2.97. The summed E-state index contributed by atoms with van der Waals surface area (Å²) >= 11 is 5.92. The number of carbonyl (C=O) groups is 2. The molecule has 0 unspecified atom stereocenters. The van der Waals surface area contributed by atoms with Gasteiger partial charge in [-0.15, -0.1) is 0 Å². The highest BCUT2D eigenvalue weighted by Gasteiger charge is 2.21. The average molecular weight is 409 g/mol. The Morgan fingerprint density at radius 3 is 2.64 bits per heavy atom. The summed E-state index contributed by atoms with van der Waals surface area (Å²) in [6.07, 6.45) is 2.86. The molecule has 2 heterocycles. The molecule has 0 aromatic carbocycles. The minimum Gasteiger partial charge on any atom is -0.464 e. The number of carbonyl (C=O) groups excluding carboxylic acids is 2. The number of alkyl carbamates (subject to hydrolysis) is 1. The molecule has 2 rings (SSSR count). The van der Waals surface area contributed by atoms with Crippen LogP contribution in [0.5, 0.6) is 0 Å². The molecule has 0 spiro atoms. The highest BCUT2D eigenvalue weighted by molar-refractivity contribution is 6.28. The lowest BCUT2D eigenvalue weighted by molar-refractivity contribution is 0.0504. The maximum absolute atomic E-state index is 12.2. The van der Waals surface area contributed by atoms with Gasteiger partial charge < -0.3 is 19.4 Å². The molecule has 2 aromatic heterocycles. The summed E-state index contributed by atoms with van der Waals surface area (Å²) in [5, 5.41) is 2.88. The molecule has 0 bridgehead atoms. The van der Waals surface area contributed by atoms with Crippen molar-refractivity contribution in [3.8, 4) is 11.3 Å². The number of amides is 1. The van der Waals surface area contributed by atoms with Gasteiger partial charge in [-0.3, -0.25) is 0 Å². The van der Waals surface area contributed by atoms with Crippen LogP contribution in [0.25, 0.3) is 11.3 Å². The van der Waals surface area contributed by atoms with Crippen molar-refractivity contribution < 1.29 is 19.1 Å². The predicted molar refractivity (Wildman–Crippen MR) is 105 cm³/mol. The number of methoxy groups -OCH3 is 1. The van der Waals surface area contributed by atoms with Crippen molar-refractivity contribution in [3.05, 3.63) is 35.0 Å². The Balaban J connectivity index is 2.28. The number of aryl methyl sites for hydroxylation is 1. The molecule has 0 saturated heterocycles. The molecule has 152 valence electrons. The van der Waals surface area contributed by atoms with Crippen LogP contribution in [0.15, 0.2) is 18.5 Å². The maximum Gasteiger partial charge on any atom is 0.407 e. The lowest BCUT2D eigenvalue weighted by Crippen LogP contribution is -2.39. The first-order chi connectivity index (χ1) is 13.0. The lowest BCUT2D eigenvalue weighted by Gasteiger charge is -2.22. The van der Waals surface area contributed by atoms with Crippen molar-refractivity contribution in [2.75, 3.05) is 7.11 Å². The third-order valence-corrected chi connectivity index (χ3v) is 3.92. The van der Waals surface area contributed by atoms with Crippen molar-refractivity contribution >= 4 is 23.7 Å². The number of nitrogens with zero attached hydrogens (tertiary/aromatic N) is 3. The van der Waals surface area contributed by atoms with Gasteiger partial charge in [0.1, 0.15) is 11.3 Å². The van der Waals surface area contributed by atoms with Gasteiger partial charge >= 0.3 is 12.1 Å². The number of hydrogen-bond donors (Lipinski definition) is 1. The number of nitrogens with one attached hydrogen (secondary N) is 1. The predicted octanol–water partition coefficient (Wildman–Crippen LogP) is 3.61. The van der Waals surface area contributed by atoms with Crippen LogP contribution in [0.4, 0.5) is 4.79 Å². The molecule has 1 amide bonds. The lowest BCUT2D eigenvalue weighted by atomic mass is 10.1. The second kappa shape index (κ2) is 8.60. The van der Waals surface area contributed by atoms with Crippen molar-refractivity contribution in [2.24, 2.45) is 0 Å². The van der Waals surface area contributed by atoms with Gasteiger partial charge in [0.15, 0.2) is 0 Å². The fourth-order valence-electron chi connectivity index (χ4n) is 2.63. The van der Waals surface area contributed by atoms with E-state index in [-0.39, 0.29) is 11.3 Å². The van der Waals surface area contributed by atoms with Gasteiger partial charge in [0.25, 0.3) is 0 Å². The molecule has 0 saturated carbocycles. The summed E-state index contributed by atoms with van der Waals surface area (Å²) < 4.78 is 11.9. The number of rotatable bonds is 5. The van der Waals surface area contributed by atoms with Crippen molar-refractivity contribution in [1.82, 2.24) is 19.9 Å². The molecule has 8 nitrogen and oxygen atoms in total. The topological polar surface area (TPSA) is 95.3 Å². The Hall–Kier alpha value is -2.61. The molecule has 0 radical (unpaired) electrons. The van der Waals surface area contributed by atoms with Crippen LogP contribution in [0.3, 0.4) is 0 Å². The van der Waals surface area contributed by atoms with Crippen LogP contribution in [-0.2, 0) is 16.0 Å². The molecule has 0 fully saturated rings. The van der Waals surface area contributed by atoms with Crippen LogP contribution in [0, 0.1) is 6.92 Å². The fraction of sp³-hybridized carbons (Fsp3) is 0.474. The van der Waals surface area contributed by atoms with Crippen LogP contribution < -0.4 is 5.32 Å². The van der Waals surface area contributed by atoms with Gasteiger partial charge in [-0.2, -0.15) is 0 Å². The van der Waals surface area contributed by atoms with Gasteiger partial charge in [0.05, 0.1) is 12.8 Å². The first-order valence-electron chi connectivity index (χ1n) is 8.77. The summed E-state index contributed by atoms with van der Waals surface area (Å²) in [5.74, 6) is -0.492. The first-order valence-corrected chi connectivity index (χ1v) is 9.15. The summed E-state index contributed by atoms with van der Waals surface area (Å²) in [7, 11) is 1.31. The molecular weight excluding hydrogens is 384 g/mol. The Bertz CT molecular complexity index is 873. The van der Waals surface area contributed by atoms with E-state index in [0.717, 1.165) is 5.56 Å². The molecule has 1 N–H and O–H groups in total. The third-order valence-electron chi connectivity index (χ3n) is 3.74. The molecule has 0 aliphatic heterocycles. The molecular formula is C19H25ClN4O4. The van der Waals surface area contributed by atoms with Gasteiger partial charge in [0, 0.05) is 30.5 Å². The third kappa shape index (κ3) is 5.69. The second-order valence-corrected chi connectivity index (χ2v) is 7.81. The van der Waals surface area contributed by atoms with Crippen molar-refractivity contribution in [2.45, 2.75) is 52.8 Å². The smallest absolute Gasteiger partial charge is 0.407 e. The summed E-state index contributed by atoms with van der Waals surface area (Å²) in [6.45, 7) is 9.38. The van der Waals surface area contributed by atoms with Crippen LogP contribution in [-0.4, -0.2) is 45.4 Å². The van der Waals surface area contributed by atoms with E-state index in [4.69, 9.17) is 21.1 Å². The molecule has 2 aromatic rings. The van der Waals surface area contributed by atoms with Crippen LogP contribution in [0.2, 0.25) is 5.28 Å². The fourth-order valence-corrected chi connectivity index (χ4v) is 2.76. The SMILES string of the molecule is COC(=O)c1cc(-c2nc(Cl)ncc2C)cn1C[C@H](C)NC(=O)OC(C)(C)C. The Labute approximate surface area is 169 Å². The van der Waals surface area contributed by atoms with Crippen LogP contribution in [0.1, 0.15) is 43.7 Å². The normalized spacial score (nSPS) is 12.4. The maximum atomic E-state index is 12.2. The standard InChI is InChI=1S/C19H25ClN4O4/c1-11-8-21-17(20)23-15(11)13-7-14(16(25)27-6)24(10-13)9-12(2)22-18(26)28-19(3,4)5/h7-8,10,12H,9H2,1-6H3,(H,22,26)/t12-/m0/s1. The van der Waals surface area contributed by atoms with Gasteiger partial charge in [-0.1, -0.05) is 0 Å². The molecule has 1 atom stereocenters. The quantitative estimate of drug-likeness (QED) is 0.599. The van der Waals surface area contributed by atoms with Gasteiger partial charge in [-0.05, 0) is 57.8 Å². The highest BCUT2D eigenvalue weighted by atomic mass is 35.5. The highest BCUT2D eigenvalue weighted by Crippen LogP contribution is 2.25. The number of aromatic nitrogens is 3. The first kappa shape index (κ1) is 21.7. The largest absolute Gasteiger partial charge is 0.464 e. The Morgan fingerprint density at radius 2 is 2.04 bits per heavy atom. The number of esters is 1. The summed E-state index contributed by atoms with van der Waals surface area (Å²) in [6, 6.07) is 1.38. The van der Waals surface area contributed by atoms with E-state index in [2.05, 4.69) is 15.3 Å². The van der Waals surface area contributed by atoms with E-state index in [1.54, 1.807) is 43.8 Å². The van der Waals surface area contributed by atoms with E-state index in [0.29, 0.717) is 23.5 Å². The molecule has 28 heavy (non-hydrogen) atoms. The number of ether oxygens (including phenoxy) is 2. The zero-order valence-corrected chi connectivity index (χ0v) is 17.6. The monoisotopic (exact) mass is 408 g/mol. The van der Waals surface area contributed by atoms with Gasteiger partial charge in [-0.25, -0.2) is 19.6 Å². The van der Waals surface area contributed by atoms with E-state index in [1.807, 2.05) is 13.8 Å². The minimum atomic E-state index is -0.592. The molecule has 0 aliphatic rings. The van der Waals surface area contributed by atoms with E-state index in [1.165, 1.54) is 7.11 Å². The van der Waals surface area contributed by atoms with E-state index >= 15 is 0 Å². The Kier molecular flexibility index (Phi) is 6.66. The zero-order chi connectivity index (χ0) is 21.1. The van der Waals surface area contributed by atoms with Crippen molar-refractivity contribution in [1.29, 1.82) is 0 Å². The van der Waals surface area contributed by atoms with Gasteiger partial charge in [0.2, 0.25) is 5.28 Å². The van der Waals surface area contributed by atoms with E-state index in [9.17, 15) is 9.59 Å². The van der Waals surface area contributed by atoms with Crippen LogP contribution >= 0.6 is 11.6 Å². The second-order valence-electron chi connectivity index (χ2n) is 7.48. The number of halogens is 1. The van der Waals surface area contributed by atoms with Crippen molar-refractivity contribution in [3.63, 3.8) is 0 Å². The molecule has 0 aliphatic carbocycles. The summed E-state index contributed by atoms with van der Waals surface area (Å²) in [5.41, 5.74) is 1.89.